The number of nitrogens with zero attached hydrogens (tertiary/aromatic N) is 3. The maximum absolute atomic E-state index is 5.84. The molecule has 1 aromatic heterocycles. The van der Waals surface area contributed by atoms with E-state index in [9.17, 15) is 0 Å². The van der Waals surface area contributed by atoms with Crippen LogP contribution in [0.4, 0.5) is 0 Å². The summed E-state index contributed by atoms with van der Waals surface area (Å²) in [4.78, 5) is 0. The molecule has 5 heteroatoms. The molecule has 0 aliphatic heterocycles. The fourth-order valence-electron chi connectivity index (χ4n) is 1.33. The molecule has 0 N–H and O–H groups in total. The van der Waals surface area contributed by atoms with E-state index in [2.05, 4.69) is 30.0 Å². The summed E-state index contributed by atoms with van der Waals surface area (Å²) in [6, 6.07) is 7.58. The standard InChI is InChI=1S/C11H14ClN3Si/c1-16(2,3)11-8-15(14-13-11)10-6-4-9(12)5-7-10/h4-8H,1-3H3. The Hall–Kier alpha value is -1.13. The fraction of sp³-hybridized carbons (Fsp3) is 0.273. The Kier molecular flexibility index (Phi) is 2.86. The van der Waals surface area contributed by atoms with Crippen LogP contribution in [-0.4, -0.2) is 23.1 Å². The van der Waals surface area contributed by atoms with E-state index >= 15 is 0 Å². The van der Waals surface area contributed by atoms with Crippen LogP contribution in [0.2, 0.25) is 24.7 Å². The zero-order valence-corrected chi connectivity index (χ0v) is 11.4. The topological polar surface area (TPSA) is 30.7 Å². The Morgan fingerprint density at radius 3 is 2.25 bits per heavy atom. The van der Waals surface area contributed by atoms with Crippen LogP contribution < -0.4 is 5.32 Å². The number of hydrogen-bond donors (Lipinski definition) is 0. The van der Waals surface area contributed by atoms with Gasteiger partial charge >= 0.3 is 0 Å². The van der Waals surface area contributed by atoms with Crippen molar-refractivity contribution in [3.05, 3.63) is 35.5 Å². The maximum atomic E-state index is 5.84. The number of halogens is 1. The maximum Gasteiger partial charge on any atom is 0.106 e. The molecule has 0 saturated carbocycles. The molecule has 0 spiro atoms. The highest BCUT2D eigenvalue weighted by atomic mass is 35.5. The van der Waals surface area contributed by atoms with Gasteiger partial charge in [-0.15, -0.1) is 5.10 Å². The van der Waals surface area contributed by atoms with Crippen molar-refractivity contribution >= 4 is 25.0 Å². The third-order valence-electron chi connectivity index (χ3n) is 2.35. The van der Waals surface area contributed by atoms with E-state index in [-0.39, 0.29) is 0 Å². The van der Waals surface area contributed by atoms with Crippen LogP contribution in [0.25, 0.3) is 5.69 Å². The van der Waals surface area contributed by atoms with Gasteiger partial charge in [0.25, 0.3) is 0 Å². The quantitative estimate of drug-likeness (QED) is 0.768. The SMILES string of the molecule is C[Si](C)(C)c1cn(-c2ccc(Cl)cc2)nn1. The number of hydrogen-bond acceptors (Lipinski definition) is 2. The summed E-state index contributed by atoms with van der Waals surface area (Å²) in [5.41, 5.74) is 0.987. The van der Waals surface area contributed by atoms with Gasteiger partial charge in [0.2, 0.25) is 0 Å². The molecule has 2 aromatic rings. The van der Waals surface area contributed by atoms with Crippen LogP contribution in [0, 0.1) is 0 Å². The van der Waals surface area contributed by atoms with E-state index in [1.54, 1.807) is 4.68 Å². The van der Waals surface area contributed by atoms with Crippen molar-refractivity contribution in [2.24, 2.45) is 0 Å². The second kappa shape index (κ2) is 4.03. The lowest BCUT2D eigenvalue weighted by Crippen LogP contribution is -2.38. The normalized spacial score (nSPS) is 11.8. The smallest absolute Gasteiger partial charge is 0.106 e. The lowest BCUT2D eigenvalue weighted by Gasteiger charge is -2.09. The molecule has 0 aliphatic carbocycles. The monoisotopic (exact) mass is 251 g/mol. The van der Waals surface area contributed by atoms with Crippen LogP contribution in [0.3, 0.4) is 0 Å². The predicted molar refractivity (Wildman–Crippen MR) is 69.3 cm³/mol. The fourth-order valence-corrected chi connectivity index (χ4v) is 2.31. The van der Waals surface area contributed by atoms with Gasteiger partial charge in [-0.25, -0.2) is 4.68 Å². The summed E-state index contributed by atoms with van der Waals surface area (Å²) in [5, 5.41) is 10.2. The molecule has 2 rings (SSSR count). The molecule has 0 aliphatic rings. The lowest BCUT2D eigenvalue weighted by atomic mass is 10.3. The third-order valence-corrected chi connectivity index (χ3v) is 4.37. The van der Waals surface area contributed by atoms with Gasteiger partial charge in [0, 0.05) is 11.2 Å². The molecule has 0 saturated heterocycles. The van der Waals surface area contributed by atoms with Crippen LogP contribution in [0.5, 0.6) is 0 Å². The molecule has 0 amide bonds. The van der Waals surface area contributed by atoms with Gasteiger partial charge in [0.05, 0.1) is 11.0 Å². The van der Waals surface area contributed by atoms with Crippen molar-refractivity contribution in [1.29, 1.82) is 0 Å². The lowest BCUT2D eigenvalue weighted by molar-refractivity contribution is 0.804. The Morgan fingerprint density at radius 2 is 1.75 bits per heavy atom. The Balaban J connectivity index is 2.35. The molecule has 0 atom stereocenters. The third kappa shape index (κ3) is 2.33. The van der Waals surface area contributed by atoms with Gasteiger partial charge in [-0.3, -0.25) is 0 Å². The summed E-state index contributed by atoms with van der Waals surface area (Å²) in [6.45, 7) is 6.76. The van der Waals surface area contributed by atoms with Crippen LogP contribution in [0.1, 0.15) is 0 Å². The van der Waals surface area contributed by atoms with Crippen molar-refractivity contribution in [1.82, 2.24) is 15.0 Å². The van der Waals surface area contributed by atoms with Gasteiger partial charge in [-0.05, 0) is 24.3 Å². The van der Waals surface area contributed by atoms with Gasteiger partial charge in [0.1, 0.15) is 8.07 Å². The van der Waals surface area contributed by atoms with Crippen LogP contribution in [-0.2, 0) is 0 Å². The van der Waals surface area contributed by atoms with E-state index in [1.807, 2.05) is 30.5 Å². The molecule has 0 radical (unpaired) electrons. The minimum Gasteiger partial charge on any atom is -0.221 e. The first-order chi connectivity index (χ1) is 7.47. The van der Waals surface area contributed by atoms with Crippen molar-refractivity contribution < 1.29 is 0 Å². The van der Waals surface area contributed by atoms with E-state index in [0.29, 0.717) is 0 Å². The molecule has 0 fully saturated rings. The van der Waals surface area contributed by atoms with E-state index in [0.717, 1.165) is 16.0 Å². The van der Waals surface area contributed by atoms with E-state index in [1.165, 1.54) is 0 Å². The van der Waals surface area contributed by atoms with Crippen molar-refractivity contribution in [2.75, 3.05) is 0 Å². The first kappa shape index (κ1) is 11.4. The molecular formula is C11H14ClN3Si. The van der Waals surface area contributed by atoms with Crippen LogP contribution >= 0.6 is 11.6 Å². The molecular weight excluding hydrogens is 238 g/mol. The Morgan fingerprint density at radius 1 is 1.12 bits per heavy atom. The van der Waals surface area contributed by atoms with Gasteiger partial charge in [-0.2, -0.15) is 0 Å². The zero-order chi connectivity index (χ0) is 11.8. The summed E-state index contributed by atoms with van der Waals surface area (Å²) >= 11 is 5.84. The second-order valence-electron chi connectivity index (χ2n) is 4.77. The highest BCUT2D eigenvalue weighted by Crippen LogP contribution is 2.12. The average molecular weight is 252 g/mol. The van der Waals surface area contributed by atoms with Crippen molar-refractivity contribution in [3.8, 4) is 5.69 Å². The Labute approximate surface area is 101 Å². The first-order valence-corrected chi connectivity index (χ1v) is 9.03. The highest BCUT2D eigenvalue weighted by molar-refractivity contribution is 6.88. The average Bonchev–Trinajstić information content (AvgIpc) is 2.67. The van der Waals surface area contributed by atoms with Gasteiger partial charge in [-0.1, -0.05) is 36.5 Å². The van der Waals surface area contributed by atoms with Crippen molar-refractivity contribution in [3.63, 3.8) is 0 Å². The highest BCUT2D eigenvalue weighted by Gasteiger charge is 2.20. The summed E-state index contributed by atoms with van der Waals surface area (Å²) in [7, 11) is -1.38. The number of benzene rings is 1. The minimum absolute atomic E-state index is 0.731. The molecule has 1 aromatic carbocycles. The van der Waals surface area contributed by atoms with E-state index < -0.39 is 8.07 Å². The molecule has 0 bridgehead atoms. The largest absolute Gasteiger partial charge is 0.221 e. The molecule has 84 valence electrons. The van der Waals surface area contributed by atoms with Crippen molar-refractivity contribution in [2.45, 2.75) is 19.6 Å². The van der Waals surface area contributed by atoms with E-state index in [4.69, 9.17) is 11.6 Å². The second-order valence-corrected chi connectivity index (χ2v) is 10.2. The summed E-state index contributed by atoms with van der Waals surface area (Å²) in [6.07, 6.45) is 2.01. The van der Waals surface area contributed by atoms with Crippen LogP contribution in [0.15, 0.2) is 30.5 Å². The minimum atomic E-state index is -1.38. The molecule has 1 heterocycles. The molecule has 0 unspecified atom stereocenters. The van der Waals surface area contributed by atoms with Gasteiger partial charge < -0.3 is 0 Å². The molecule has 16 heavy (non-hydrogen) atoms. The zero-order valence-electron chi connectivity index (χ0n) is 9.61. The Bertz CT molecular complexity index is 485. The predicted octanol–water partition coefficient (Wildman–Crippen LogP) is 2.47. The first-order valence-electron chi connectivity index (χ1n) is 5.15. The molecule has 3 nitrogen and oxygen atoms in total. The summed E-state index contributed by atoms with van der Waals surface area (Å²) < 4.78 is 1.80. The number of aromatic nitrogens is 3. The van der Waals surface area contributed by atoms with Gasteiger partial charge in [0.15, 0.2) is 0 Å². The number of rotatable bonds is 2. The summed E-state index contributed by atoms with van der Waals surface area (Å²) in [5.74, 6) is 0.